The number of aromatic nitrogens is 1. The molecule has 1 aromatic heterocycles. The summed E-state index contributed by atoms with van der Waals surface area (Å²) < 4.78 is 0. The van der Waals surface area contributed by atoms with E-state index in [1.54, 1.807) is 16.5 Å². The van der Waals surface area contributed by atoms with E-state index in [0.29, 0.717) is 11.6 Å². The highest BCUT2D eigenvalue weighted by molar-refractivity contribution is 7.13. The van der Waals surface area contributed by atoms with Gasteiger partial charge in [-0.2, -0.15) is 0 Å². The number of carbonyl (C=O) groups excluding carboxylic acids is 1. The second-order valence-electron chi connectivity index (χ2n) is 4.65. The molecule has 2 saturated heterocycles. The lowest BCUT2D eigenvalue weighted by atomic mass is 9.89. The highest BCUT2D eigenvalue weighted by Crippen LogP contribution is 2.42. The number of hydrogen-bond donors (Lipinski definition) is 2. The Kier molecular flexibility index (Phi) is 2.70. The number of nitrogens with one attached hydrogen (secondary N) is 1. The Hall–Kier alpha value is -1.63. The van der Waals surface area contributed by atoms with Gasteiger partial charge in [0.15, 0.2) is 5.13 Å². The molecule has 3 heterocycles. The number of hydrogen-bond acceptors (Lipinski definition) is 4. The van der Waals surface area contributed by atoms with Gasteiger partial charge >= 0.3 is 12.0 Å². The van der Waals surface area contributed by atoms with Crippen LogP contribution in [0.5, 0.6) is 0 Å². The second-order valence-corrected chi connectivity index (χ2v) is 5.55. The second kappa shape index (κ2) is 4.24. The number of carboxylic acid groups (broad SMARTS) is 1. The third-order valence-corrected chi connectivity index (χ3v) is 4.42. The maximum absolute atomic E-state index is 12.1. The van der Waals surface area contributed by atoms with Gasteiger partial charge in [0.2, 0.25) is 0 Å². The molecule has 6 nitrogen and oxygen atoms in total. The molecule has 0 saturated carbocycles. The van der Waals surface area contributed by atoms with Gasteiger partial charge in [0, 0.05) is 23.7 Å². The molecule has 0 aromatic carbocycles. The summed E-state index contributed by atoms with van der Waals surface area (Å²) in [6.07, 6.45) is 3.89. The molecular formula is C11H13N3O3S. The van der Waals surface area contributed by atoms with E-state index in [1.165, 1.54) is 11.3 Å². The molecule has 0 radical (unpaired) electrons. The number of urea groups is 1. The Bertz CT molecular complexity index is 476. The van der Waals surface area contributed by atoms with Crippen LogP contribution in [0, 0.1) is 5.92 Å². The summed E-state index contributed by atoms with van der Waals surface area (Å²) in [7, 11) is 0. The maximum atomic E-state index is 12.1. The molecule has 7 heteroatoms. The standard InChI is InChI=1S/C11H13N3O3S/c15-9(16)7-5-6-1-2-8(7)14(6)11(17)13-10-12-3-4-18-10/h3-4,6-8H,1-2,5H2,(H,15,16)(H,12,13,17). The van der Waals surface area contributed by atoms with Crippen molar-refractivity contribution in [2.24, 2.45) is 5.92 Å². The van der Waals surface area contributed by atoms with Crippen molar-refractivity contribution in [2.75, 3.05) is 5.32 Å². The van der Waals surface area contributed by atoms with E-state index in [2.05, 4.69) is 10.3 Å². The summed E-state index contributed by atoms with van der Waals surface area (Å²) in [5.74, 6) is -1.21. The maximum Gasteiger partial charge on any atom is 0.324 e. The molecule has 2 N–H and O–H groups in total. The van der Waals surface area contributed by atoms with Gasteiger partial charge in [0.25, 0.3) is 0 Å². The largest absolute Gasteiger partial charge is 0.481 e. The third kappa shape index (κ3) is 1.74. The molecule has 2 fully saturated rings. The van der Waals surface area contributed by atoms with E-state index in [9.17, 15) is 9.59 Å². The molecule has 2 bridgehead atoms. The van der Waals surface area contributed by atoms with Crippen molar-refractivity contribution in [3.05, 3.63) is 11.6 Å². The summed E-state index contributed by atoms with van der Waals surface area (Å²) in [6.45, 7) is 0. The molecule has 3 rings (SSSR count). The predicted octanol–water partition coefficient (Wildman–Crippen LogP) is 1.61. The Labute approximate surface area is 108 Å². The lowest BCUT2D eigenvalue weighted by molar-refractivity contribution is -0.142. The third-order valence-electron chi connectivity index (χ3n) is 3.73. The lowest BCUT2D eigenvalue weighted by Gasteiger charge is -2.22. The average molecular weight is 267 g/mol. The minimum atomic E-state index is -0.797. The monoisotopic (exact) mass is 267 g/mol. The van der Waals surface area contributed by atoms with Crippen LogP contribution in [0.25, 0.3) is 0 Å². The van der Waals surface area contributed by atoms with Crippen LogP contribution in [0.1, 0.15) is 19.3 Å². The summed E-state index contributed by atoms with van der Waals surface area (Å²) in [5.41, 5.74) is 0. The first-order valence-electron chi connectivity index (χ1n) is 5.88. The van der Waals surface area contributed by atoms with Gasteiger partial charge in [-0.25, -0.2) is 9.78 Å². The van der Waals surface area contributed by atoms with Crippen LogP contribution in [0.3, 0.4) is 0 Å². The molecular weight excluding hydrogens is 254 g/mol. The van der Waals surface area contributed by atoms with E-state index in [1.807, 2.05) is 0 Å². The number of carboxylic acids is 1. The van der Waals surface area contributed by atoms with E-state index in [-0.39, 0.29) is 18.1 Å². The first-order valence-corrected chi connectivity index (χ1v) is 6.76. The molecule has 96 valence electrons. The van der Waals surface area contributed by atoms with Crippen LogP contribution in [0.15, 0.2) is 11.6 Å². The number of thiazole rings is 1. The van der Waals surface area contributed by atoms with Crippen LogP contribution >= 0.6 is 11.3 Å². The topological polar surface area (TPSA) is 82.5 Å². The zero-order valence-corrected chi connectivity index (χ0v) is 10.4. The molecule has 2 aliphatic heterocycles. The highest BCUT2D eigenvalue weighted by atomic mass is 32.1. The van der Waals surface area contributed by atoms with Gasteiger partial charge < -0.3 is 10.0 Å². The first-order chi connectivity index (χ1) is 8.66. The van der Waals surface area contributed by atoms with E-state index >= 15 is 0 Å². The van der Waals surface area contributed by atoms with Gasteiger partial charge in [-0.3, -0.25) is 10.1 Å². The van der Waals surface area contributed by atoms with Crippen LogP contribution in [-0.4, -0.2) is 39.1 Å². The van der Waals surface area contributed by atoms with Gasteiger partial charge in [-0.05, 0) is 19.3 Å². The van der Waals surface area contributed by atoms with Crippen molar-refractivity contribution in [3.63, 3.8) is 0 Å². The molecule has 2 amide bonds. The number of nitrogens with zero attached hydrogens (tertiary/aromatic N) is 2. The minimum Gasteiger partial charge on any atom is -0.481 e. The van der Waals surface area contributed by atoms with Gasteiger partial charge in [0.1, 0.15) is 0 Å². The van der Waals surface area contributed by atoms with Crippen molar-refractivity contribution < 1.29 is 14.7 Å². The fourth-order valence-electron chi connectivity index (χ4n) is 3.01. The van der Waals surface area contributed by atoms with Crippen LogP contribution < -0.4 is 5.32 Å². The summed E-state index contributed by atoms with van der Waals surface area (Å²) >= 11 is 1.35. The average Bonchev–Trinajstić information content (AvgIpc) is 3.02. The van der Waals surface area contributed by atoms with E-state index < -0.39 is 11.9 Å². The Morgan fingerprint density at radius 2 is 2.33 bits per heavy atom. The van der Waals surface area contributed by atoms with Crippen molar-refractivity contribution >= 4 is 28.5 Å². The Morgan fingerprint density at radius 3 is 2.94 bits per heavy atom. The van der Waals surface area contributed by atoms with Crippen molar-refractivity contribution in [3.8, 4) is 0 Å². The number of fused-ring (bicyclic) bond motifs is 2. The molecule has 1 aromatic rings. The van der Waals surface area contributed by atoms with Crippen LogP contribution in [0.4, 0.5) is 9.93 Å². The molecule has 18 heavy (non-hydrogen) atoms. The summed E-state index contributed by atoms with van der Waals surface area (Å²) in [6, 6.07) is -0.315. The molecule has 3 unspecified atom stereocenters. The minimum absolute atomic E-state index is 0.0658. The lowest BCUT2D eigenvalue weighted by Crippen LogP contribution is -2.40. The molecule has 2 aliphatic rings. The van der Waals surface area contributed by atoms with Crippen molar-refractivity contribution in [1.29, 1.82) is 0 Å². The van der Waals surface area contributed by atoms with Gasteiger partial charge in [0.05, 0.1) is 5.92 Å². The van der Waals surface area contributed by atoms with Gasteiger partial charge in [-0.15, -0.1) is 11.3 Å². The fraction of sp³-hybridized carbons (Fsp3) is 0.545. The first kappa shape index (κ1) is 11.5. The number of amides is 2. The predicted molar refractivity (Wildman–Crippen MR) is 65.5 cm³/mol. The van der Waals surface area contributed by atoms with E-state index in [4.69, 9.17) is 5.11 Å². The highest BCUT2D eigenvalue weighted by Gasteiger charge is 2.51. The Morgan fingerprint density at radius 1 is 1.50 bits per heavy atom. The summed E-state index contributed by atoms with van der Waals surface area (Å²) in [5, 5.41) is 14.2. The fourth-order valence-corrected chi connectivity index (χ4v) is 3.53. The number of aliphatic carboxylic acids is 1. The zero-order chi connectivity index (χ0) is 12.7. The number of anilines is 1. The Balaban J connectivity index is 1.73. The normalized spacial score (nSPS) is 29.6. The van der Waals surface area contributed by atoms with Crippen LogP contribution in [0.2, 0.25) is 0 Å². The number of rotatable bonds is 2. The van der Waals surface area contributed by atoms with Crippen LogP contribution in [-0.2, 0) is 4.79 Å². The van der Waals surface area contributed by atoms with E-state index in [0.717, 1.165) is 12.8 Å². The molecule has 0 aliphatic carbocycles. The van der Waals surface area contributed by atoms with Crippen molar-refractivity contribution in [2.45, 2.75) is 31.3 Å². The zero-order valence-electron chi connectivity index (χ0n) is 9.57. The smallest absolute Gasteiger partial charge is 0.324 e. The number of carbonyl (C=O) groups is 2. The molecule has 3 atom stereocenters. The SMILES string of the molecule is O=C(O)C1CC2CCC1N2C(=O)Nc1nccs1. The van der Waals surface area contributed by atoms with Gasteiger partial charge in [-0.1, -0.05) is 0 Å². The summed E-state index contributed by atoms with van der Waals surface area (Å²) in [4.78, 5) is 28.9. The van der Waals surface area contributed by atoms with Crippen molar-refractivity contribution in [1.82, 2.24) is 9.88 Å². The molecule has 0 spiro atoms. The quantitative estimate of drug-likeness (QED) is 0.852.